The number of alkyl halides is 3. The van der Waals surface area contributed by atoms with E-state index in [0.717, 1.165) is 5.56 Å². The Labute approximate surface area is 146 Å². The molecule has 1 aromatic heterocycles. The van der Waals surface area contributed by atoms with Crippen LogP contribution in [0.25, 0.3) is 0 Å². The minimum atomic E-state index is -4.66. The molecule has 1 heterocycles. The highest BCUT2D eigenvalue weighted by Gasteiger charge is 2.38. The van der Waals surface area contributed by atoms with Crippen molar-refractivity contribution < 1.29 is 22.5 Å². The minimum absolute atomic E-state index is 0.0688. The Morgan fingerprint density at radius 3 is 2.50 bits per heavy atom. The lowest BCUT2D eigenvalue weighted by molar-refractivity contribution is -0.159. The number of aryl methyl sites for hydroxylation is 1. The lowest BCUT2D eigenvalue weighted by Crippen LogP contribution is -2.11. The first-order valence-electron chi connectivity index (χ1n) is 7.68. The maximum atomic E-state index is 12.4. The van der Waals surface area contributed by atoms with Crippen molar-refractivity contribution in [2.45, 2.75) is 19.5 Å². The van der Waals surface area contributed by atoms with Crippen LogP contribution >= 0.6 is 0 Å². The van der Waals surface area contributed by atoms with E-state index in [9.17, 15) is 18.0 Å². The molecular formula is C18H14F3N3O2. The number of halogens is 3. The Hall–Kier alpha value is -3.16. The summed E-state index contributed by atoms with van der Waals surface area (Å²) in [6.45, 7) is 1.92. The average Bonchev–Trinajstić information content (AvgIpc) is 3.04. The molecular weight excluding hydrogens is 347 g/mol. The summed E-state index contributed by atoms with van der Waals surface area (Å²) in [4.78, 5) is 15.5. The highest BCUT2D eigenvalue weighted by atomic mass is 19.4. The monoisotopic (exact) mass is 361 g/mol. The molecule has 1 amide bonds. The molecule has 0 aliphatic rings. The van der Waals surface area contributed by atoms with Crippen LogP contribution in [0.5, 0.6) is 0 Å². The number of rotatable bonds is 4. The number of anilines is 1. The smallest absolute Gasteiger partial charge is 0.329 e. The van der Waals surface area contributed by atoms with Crippen LogP contribution in [0.3, 0.4) is 0 Å². The second-order valence-electron chi connectivity index (χ2n) is 5.71. The maximum Gasteiger partial charge on any atom is 0.471 e. The van der Waals surface area contributed by atoms with Gasteiger partial charge in [0.2, 0.25) is 0 Å². The third-order valence-electron chi connectivity index (χ3n) is 3.56. The number of amides is 1. The predicted molar refractivity (Wildman–Crippen MR) is 87.7 cm³/mol. The number of aromatic nitrogens is 2. The van der Waals surface area contributed by atoms with Crippen molar-refractivity contribution in [3.8, 4) is 0 Å². The summed E-state index contributed by atoms with van der Waals surface area (Å²) >= 11 is 0. The van der Waals surface area contributed by atoms with Crippen LogP contribution in [0, 0.1) is 6.92 Å². The van der Waals surface area contributed by atoms with Crippen LogP contribution in [-0.4, -0.2) is 16.0 Å². The van der Waals surface area contributed by atoms with Crippen molar-refractivity contribution in [3.05, 3.63) is 76.9 Å². The van der Waals surface area contributed by atoms with Crippen molar-refractivity contribution in [2.24, 2.45) is 0 Å². The Kier molecular flexibility index (Phi) is 4.75. The molecule has 0 saturated carbocycles. The number of nitrogens with one attached hydrogen (secondary N) is 1. The van der Waals surface area contributed by atoms with Crippen LogP contribution < -0.4 is 5.32 Å². The van der Waals surface area contributed by atoms with E-state index < -0.39 is 12.1 Å². The molecule has 8 heteroatoms. The van der Waals surface area contributed by atoms with Crippen molar-refractivity contribution in [1.82, 2.24) is 10.1 Å². The predicted octanol–water partition coefficient (Wildman–Crippen LogP) is 4.24. The molecule has 0 fully saturated rings. The fourth-order valence-electron chi connectivity index (χ4n) is 2.32. The van der Waals surface area contributed by atoms with Crippen LogP contribution in [0.1, 0.15) is 33.2 Å². The first-order valence-corrected chi connectivity index (χ1v) is 7.68. The zero-order valence-corrected chi connectivity index (χ0v) is 13.7. The zero-order valence-electron chi connectivity index (χ0n) is 13.7. The SMILES string of the molecule is Cc1cccc(NC(=O)c2ccc(Cc3noc(C(F)(F)F)n3)cc2)c1. The number of hydrogen-bond donors (Lipinski definition) is 1. The largest absolute Gasteiger partial charge is 0.471 e. The van der Waals surface area contributed by atoms with Gasteiger partial charge in [-0.05, 0) is 42.3 Å². The molecule has 5 nitrogen and oxygen atoms in total. The van der Waals surface area contributed by atoms with E-state index >= 15 is 0 Å². The molecule has 0 aliphatic carbocycles. The average molecular weight is 361 g/mol. The van der Waals surface area contributed by atoms with Gasteiger partial charge in [-0.2, -0.15) is 18.2 Å². The van der Waals surface area contributed by atoms with E-state index in [4.69, 9.17) is 0 Å². The molecule has 3 rings (SSSR count). The molecule has 0 radical (unpaired) electrons. The third kappa shape index (κ3) is 4.27. The number of carbonyl (C=O) groups is 1. The quantitative estimate of drug-likeness (QED) is 0.755. The first kappa shape index (κ1) is 17.7. The highest BCUT2D eigenvalue weighted by molar-refractivity contribution is 6.04. The summed E-state index contributed by atoms with van der Waals surface area (Å²) in [5, 5.41) is 6.10. The summed E-state index contributed by atoms with van der Waals surface area (Å²) in [6, 6.07) is 13.8. The van der Waals surface area contributed by atoms with Crippen molar-refractivity contribution >= 4 is 11.6 Å². The molecule has 134 valence electrons. The van der Waals surface area contributed by atoms with Gasteiger partial charge in [0, 0.05) is 17.7 Å². The summed E-state index contributed by atoms with van der Waals surface area (Å²) in [5.41, 5.74) is 2.80. The summed E-state index contributed by atoms with van der Waals surface area (Å²) in [7, 11) is 0. The molecule has 0 aliphatic heterocycles. The standard InChI is InChI=1S/C18H14F3N3O2/c1-11-3-2-4-14(9-11)22-16(25)13-7-5-12(6-8-13)10-15-23-17(26-24-15)18(19,20)21/h2-9H,10H2,1H3,(H,22,25). The van der Waals surface area contributed by atoms with Gasteiger partial charge in [-0.1, -0.05) is 29.4 Å². The Morgan fingerprint density at radius 1 is 1.15 bits per heavy atom. The number of hydrogen-bond acceptors (Lipinski definition) is 4. The second kappa shape index (κ2) is 6.99. The van der Waals surface area contributed by atoms with E-state index in [1.54, 1.807) is 30.3 Å². The van der Waals surface area contributed by atoms with Crippen molar-refractivity contribution in [1.29, 1.82) is 0 Å². The molecule has 0 unspecified atom stereocenters. The molecule has 0 bridgehead atoms. The van der Waals surface area contributed by atoms with Crippen LogP contribution in [0.15, 0.2) is 53.1 Å². The zero-order chi connectivity index (χ0) is 18.7. The van der Waals surface area contributed by atoms with E-state index in [-0.39, 0.29) is 18.2 Å². The summed E-state index contributed by atoms with van der Waals surface area (Å²) in [6.07, 6.45) is -4.59. The Balaban J connectivity index is 1.66. The summed E-state index contributed by atoms with van der Waals surface area (Å²) < 4.78 is 41.5. The van der Waals surface area contributed by atoms with Gasteiger partial charge < -0.3 is 9.84 Å². The second-order valence-corrected chi connectivity index (χ2v) is 5.71. The van der Waals surface area contributed by atoms with E-state index in [0.29, 0.717) is 16.8 Å². The molecule has 1 N–H and O–H groups in total. The van der Waals surface area contributed by atoms with E-state index in [1.165, 1.54) is 0 Å². The van der Waals surface area contributed by atoms with Gasteiger partial charge >= 0.3 is 12.1 Å². The van der Waals surface area contributed by atoms with Gasteiger partial charge in [-0.25, -0.2) is 0 Å². The molecule has 0 spiro atoms. The molecule has 26 heavy (non-hydrogen) atoms. The van der Waals surface area contributed by atoms with Gasteiger partial charge in [0.15, 0.2) is 5.82 Å². The normalized spacial score (nSPS) is 11.4. The topological polar surface area (TPSA) is 68.0 Å². The first-order chi connectivity index (χ1) is 12.3. The lowest BCUT2D eigenvalue weighted by Gasteiger charge is -2.06. The van der Waals surface area contributed by atoms with Crippen LogP contribution in [0.4, 0.5) is 18.9 Å². The number of carbonyl (C=O) groups excluding carboxylic acids is 1. The molecule has 0 atom stereocenters. The fraction of sp³-hybridized carbons (Fsp3) is 0.167. The van der Waals surface area contributed by atoms with E-state index in [2.05, 4.69) is 20.0 Å². The van der Waals surface area contributed by atoms with Gasteiger partial charge in [-0.15, -0.1) is 0 Å². The Morgan fingerprint density at radius 2 is 1.88 bits per heavy atom. The van der Waals surface area contributed by atoms with E-state index in [1.807, 2.05) is 25.1 Å². The van der Waals surface area contributed by atoms with Gasteiger partial charge in [0.05, 0.1) is 0 Å². The fourth-order valence-corrected chi connectivity index (χ4v) is 2.32. The lowest BCUT2D eigenvalue weighted by atomic mass is 10.1. The van der Waals surface area contributed by atoms with Crippen molar-refractivity contribution in [2.75, 3.05) is 5.32 Å². The molecule has 0 saturated heterocycles. The van der Waals surface area contributed by atoms with Gasteiger partial charge in [0.1, 0.15) is 0 Å². The van der Waals surface area contributed by atoms with Gasteiger partial charge in [-0.3, -0.25) is 4.79 Å². The maximum absolute atomic E-state index is 12.4. The van der Waals surface area contributed by atoms with Gasteiger partial charge in [0.25, 0.3) is 5.91 Å². The van der Waals surface area contributed by atoms with Crippen LogP contribution in [0.2, 0.25) is 0 Å². The third-order valence-corrected chi connectivity index (χ3v) is 3.56. The minimum Gasteiger partial charge on any atom is -0.329 e. The molecule has 2 aromatic carbocycles. The summed E-state index contributed by atoms with van der Waals surface area (Å²) in [5.74, 6) is -1.72. The highest BCUT2D eigenvalue weighted by Crippen LogP contribution is 2.27. The molecule has 3 aromatic rings. The number of nitrogens with zero attached hydrogens (tertiary/aromatic N) is 2. The van der Waals surface area contributed by atoms with Crippen LogP contribution in [-0.2, 0) is 12.6 Å². The Bertz CT molecular complexity index is 918. The number of benzene rings is 2. The van der Waals surface area contributed by atoms with Crippen molar-refractivity contribution in [3.63, 3.8) is 0 Å².